The number of likely N-dealkylation sites (N-methyl/N-ethyl adjacent to an activating group) is 1. The van der Waals surface area contributed by atoms with Gasteiger partial charge in [0.15, 0.2) is 9.84 Å². The number of nitrogens with zero attached hydrogens (tertiary/aromatic N) is 1. The highest BCUT2D eigenvalue weighted by Crippen LogP contribution is 2.24. The number of nitrogens with one attached hydrogen (secondary N) is 1. The molecular formula is C12H19N3O2S. The first kappa shape index (κ1) is 13.3. The molecule has 100 valence electrons. The van der Waals surface area contributed by atoms with Gasteiger partial charge in [-0.05, 0) is 43.5 Å². The first-order valence-electron chi connectivity index (χ1n) is 6.08. The van der Waals surface area contributed by atoms with Crippen molar-refractivity contribution in [3.63, 3.8) is 0 Å². The molecule has 0 aliphatic carbocycles. The number of anilines is 1. The van der Waals surface area contributed by atoms with E-state index in [2.05, 4.69) is 10.3 Å². The molecule has 1 aliphatic rings. The van der Waals surface area contributed by atoms with Crippen LogP contribution in [0, 0.1) is 5.92 Å². The monoisotopic (exact) mass is 269 g/mol. The molecule has 2 atom stereocenters. The van der Waals surface area contributed by atoms with E-state index in [1.807, 2.05) is 19.2 Å². The van der Waals surface area contributed by atoms with Gasteiger partial charge in [-0.1, -0.05) is 0 Å². The summed E-state index contributed by atoms with van der Waals surface area (Å²) in [5, 5.41) is 3.22. The van der Waals surface area contributed by atoms with Crippen molar-refractivity contribution >= 4 is 15.7 Å². The molecule has 1 aromatic heterocycles. The predicted octanol–water partition coefficient (Wildman–Crippen LogP) is 0.229. The maximum atomic E-state index is 11.5. The molecule has 1 aliphatic heterocycles. The van der Waals surface area contributed by atoms with E-state index in [1.54, 1.807) is 6.20 Å². The maximum Gasteiger partial charge on any atom is 0.150 e. The largest absolute Gasteiger partial charge is 0.384 e. The molecule has 0 amide bonds. The van der Waals surface area contributed by atoms with Gasteiger partial charge in [0.2, 0.25) is 0 Å². The zero-order valence-corrected chi connectivity index (χ0v) is 11.3. The summed E-state index contributed by atoms with van der Waals surface area (Å²) in [6, 6.07) is 3.93. The lowest BCUT2D eigenvalue weighted by Gasteiger charge is -2.22. The molecular weight excluding hydrogens is 250 g/mol. The highest BCUT2D eigenvalue weighted by Gasteiger charge is 2.32. The number of rotatable bonds is 4. The third-order valence-electron chi connectivity index (χ3n) is 3.51. The number of nitrogen functional groups attached to an aromatic ring is 1. The average molecular weight is 269 g/mol. The molecule has 0 aromatic carbocycles. The van der Waals surface area contributed by atoms with Gasteiger partial charge in [-0.25, -0.2) is 13.4 Å². The summed E-state index contributed by atoms with van der Waals surface area (Å²) < 4.78 is 23.0. The fourth-order valence-electron chi connectivity index (χ4n) is 2.52. The summed E-state index contributed by atoms with van der Waals surface area (Å²) >= 11 is 0. The Kier molecular flexibility index (Phi) is 3.87. The Bertz CT molecular complexity index is 516. The summed E-state index contributed by atoms with van der Waals surface area (Å²) in [4.78, 5) is 3.96. The van der Waals surface area contributed by atoms with Crippen molar-refractivity contribution in [2.45, 2.75) is 18.9 Å². The van der Waals surface area contributed by atoms with Crippen LogP contribution in [0.15, 0.2) is 18.3 Å². The van der Waals surface area contributed by atoms with Gasteiger partial charge in [-0.2, -0.15) is 0 Å². The Morgan fingerprint density at radius 3 is 2.94 bits per heavy atom. The number of nitrogens with two attached hydrogens (primary N) is 1. The Balaban J connectivity index is 2.06. The third-order valence-corrected chi connectivity index (χ3v) is 5.30. The number of hydrogen-bond donors (Lipinski definition) is 2. The van der Waals surface area contributed by atoms with Crippen LogP contribution in [0.25, 0.3) is 0 Å². The second-order valence-corrected chi connectivity index (χ2v) is 7.08. The summed E-state index contributed by atoms with van der Waals surface area (Å²) in [6.07, 6.45) is 3.21. The van der Waals surface area contributed by atoms with Crippen LogP contribution in [0.2, 0.25) is 0 Å². The molecule has 0 saturated carbocycles. The minimum Gasteiger partial charge on any atom is -0.384 e. The zero-order valence-electron chi connectivity index (χ0n) is 10.5. The van der Waals surface area contributed by atoms with Crippen molar-refractivity contribution in [3.05, 3.63) is 23.9 Å². The van der Waals surface area contributed by atoms with Gasteiger partial charge < -0.3 is 11.1 Å². The minimum absolute atomic E-state index is 0.170. The molecule has 1 fully saturated rings. The molecule has 0 bridgehead atoms. The van der Waals surface area contributed by atoms with Crippen LogP contribution in [0.4, 0.5) is 5.82 Å². The van der Waals surface area contributed by atoms with Crippen molar-refractivity contribution in [2.24, 2.45) is 5.92 Å². The molecule has 1 saturated heterocycles. The number of aromatic nitrogens is 1. The molecule has 2 unspecified atom stereocenters. The second-order valence-electron chi connectivity index (χ2n) is 4.85. The molecule has 5 nitrogen and oxygen atoms in total. The van der Waals surface area contributed by atoms with Crippen LogP contribution in [0.5, 0.6) is 0 Å². The fraction of sp³-hybridized carbons (Fsp3) is 0.583. The number of sulfone groups is 1. The minimum atomic E-state index is -2.83. The van der Waals surface area contributed by atoms with Crippen LogP contribution in [-0.2, 0) is 16.3 Å². The maximum absolute atomic E-state index is 11.5. The van der Waals surface area contributed by atoms with Gasteiger partial charge in [-0.15, -0.1) is 0 Å². The summed E-state index contributed by atoms with van der Waals surface area (Å²) in [5.74, 6) is 1.30. The molecule has 2 rings (SSSR count). The van der Waals surface area contributed by atoms with Crippen LogP contribution < -0.4 is 11.1 Å². The van der Waals surface area contributed by atoms with Crippen molar-refractivity contribution < 1.29 is 8.42 Å². The number of hydrogen-bond acceptors (Lipinski definition) is 5. The molecule has 18 heavy (non-hydrogen) atoms. The van der Waals surface area contributed by atoms with Crippen molar-refractivity contribution in [1.82, 2.24) is 10.3 Å². The van der Waals surface area contributed by atoms with E-state index >= 15 is 0 Å². The quantitative estimate of drug-likeness (QED) is 0.817. The first-order chi connectivity index (χ1) is 8.50. The molecule has 6 heteroatoms. The SMILES string of the molecule is CNC(Cc1ccnc(N)c1)C1CCS(=O)(=O)C1. The van der Waals surface area contributed by atoms with Gasteiger partial charge in [-0.3, -0.25) is 0 Å². The highest BCUT2D eigenvalue weighted by atomic mass is 32.2. The van der Waals surface area contributed by atoms with E-state index < -0.39 is 9.84 Å². The Labute approximate surface area is 108 Å². The topological polar surface area (TPSA) is 85.1 Å². The van der Waals surface area contributed by atoms with Crippen LogP contribution in [0.1, 0.15) is 12.0 Å². The molecule has 3 N–H and O–H groups in total. The molecule has 2 heterocycles. The Hall–Kier alpha value is -1.14. The fourth-order valence-corrected chi connectivity index (χ4v) is 4.40. The third kappa shape index (κ3) is 3.20. The standard InChI is InChI=1S/C12H19N3O2S/c1-14-11(10-3-5-18(16,17)8-10)6-9-2-4-15-12(13)7-9/h2,4,7,10-11,14H,3,5-6,8H2,1H3,(H2,13,15). The van der Waals surface area contributed by atoms with Gasteiger partial charge in [0.25, 0.3) is 0 Å². The van der Waals surface area contributed by atoms with E-state index in [4.69, 9.17) is 5.73 Å². The average Bonchev–Trinajstić information content (AvgIpc) is 2.66. The lowest BCUT2D eigenvalue weighted by atomic mass is 9.93. The zero-order chi connectivity index (χ0) is 13.2. The summed E-state index contributed by atoms with van der Waals surface area (Å²) in [7, 11) is -0.953. The molecule has 1 aromatic rings. The normalized spacial score (nSPS) is 23.9. The summed E-state index contributed by atoms with van der Waals surface area (Å²) in [5.41, 5.74) is 6.73. The smallest absolute Gasteiger partial charge is 0.150 e. The van der Waals surface area contributed by atoms with Crippen molar-refractivity contribution in [1.29, 1.82) is 0 Å². The van der Waals surface area contributed by atoms with E-state index in [0.29, 0.717) is 17.3 Å². The van der Waals surface area contributed by atoms with Crippen molar-refractivity contribution in [3.8, 4) is 0 Å². The lowest BCUT2D eigenvalue weighted by Crippen LogP contribution is -2.36. The Morgan fingerprint density at radius 1 is 1.61 bits per heavy atom. The molecule has 0 radical (unpaired) electrons. The van der Waals surface area contributed by atoms with Crippen LogP contribution in [-0.4, -0.2) is 38.0 Å². The van der Waals surface area contributed by atoms with Gasteiger partial charge >= 0.3 is 0 Å². The molecule has 0 spiro atoms. The summed E-state index contributed by atoms with van der Waals surface area (Å²) in [6.45, 7) is 0. The van der Waals surface area contributed by atoms with Gasteiger partial charge in [0.05, 0.1) is 11.5 Å². The van der Waals surface area contributed by atoms with E-state index in [9.17, 15) is 8.42 Å². The predicted molar refractivity (Wildman–Crippen MR) is 72.0 cm³/mol. The van der Waals surface area contributed by atoms with Crippen LogP contribution >= 0.6 is 0 Å². The van der Waals surface area contributed by atoms with Crippen molar-refractivity contribution in [2.75, 3.05) is 24.3 Å². The lowest BCUT2D eigenvalue weighted by molar-refractivity contribution is 0.403. The first-order valence-corrected chi connectivity index (χ1v) is 7.90. The number of pyridine rings is 1. The van der Waals surface area contributed by atoms with E-state index in [-0.39, 0.29) is 12.0 Å². The van der Waals surface area contributed by atoms with Gasteiger partial charge in [0, 0.05) is 12.2 Å². The second kappa shape index (κ2) is 5.24. The highest BCUT2D eigenvalue weighted by molar-refractivity contribution is 7.91. The van der Waals surface area contributed by atoms with Crippen LogP contribution in [0.3, 0.4) is 0 Å². The van der Waals surface area contributed by atoms with E-state index in [0.717, 1.165) is 18.4 Å². The van der Waals surface area contributed by atoms with Gasteiger partial charge in [0.1, 0.15) is 5.82 Å². The Morgan fingerprint density at radius 2 is 2.39 bits per heavy atom. The van der Waals surface area contributed by atoms with E-state index in [1.165, 1.54) is 0 Å².